The average Bonchev–Trinajstić information content (AvgIpc) is 1.52. The molecular weight excluding hydrogens is 1600 g/mol. The highest BCUT2D eigenvalue weighted by Gasteiger charge is 2.31. The lowest BCUT2D eigenvalue weighted by Crippen LogP contribution is -2.24. The normalized spacial score (nSPS) is 13.1. The lowest BCUT2D eigenvalue weighted by molar-refractivity contribution is 0.392. The van der Waals surface area contributed by atoms with Gasteiger partial charge in [-0.15, -0.1) is 0 Å². The lowest BCUT2D eigenvalue weighted by atomic mass is 9.86. The number of aromatic nitrogens is 6. The van der Waals surface area contributed by atoms with Crippen LogP contribution in [0.4, 0.5) is 0 Å². The number of aryl methyl sites for hydroxylation is 11. The van der Waals surface area contributed by atoms with Crippen LogP contribution in [0.3, 0.4) is 0 Å². The fourth-order valence-corrected chi connectivity index (χ4v) is 21.8. The first kappa shape index (κ1) is 95.0. The molecule has 1 aliphatic carbocycles. The minimum Gasteiger partial charge on any atom is -0.339 e. The van der Waals surface area contributed by atoms with Crippen molar-refractivity contribution in [3.05, 3.63) is 321 Å². The van der Waals surface area contributed by atoms with Gasteiger partial charge in [-0.05, 0) is 399 Å². The molecule has 0 aliphatic heterocycles. The molecule has 6 heteroatoms. The highest BCUT2D eigenvalue weighted by molar-refractivity contribution is 6.14. The van der Waals surface area contributed by atoms with Gasteiger partial charge in [-0.1, -0.05) is 210 Å². The second-order valence-electron chi connectivity index (χ2n) is 46.8. The predicted octanol–water partition coefficient (Wildman–Crippen LogP) is 36.0. The van der Waals surface area contributed by atoms with Crippen LogP contribution in [0.2, 0.25) is 0 Å². The molecule has 132 heavy (non-hydrogen) atoms. The minimum absolute atomic E-state index is 0.0194. The molecule has 13 aromatic carbocycles. The van der Waals surface area contributed by atoms with E-state index in [0.29, 0.717) is 0 Å². The smallest absolute Gasteiger partial charge is 0.0499 e. The highest BCUT2D eigenvalue weighted by Crippen LogP contribution is 2.46. The van der Waals surface area contributed by atoms with E-state index in [2.05, 4.69) is 505 Å². The summed E-state index contributed by atoms with van der Waals surface area (Å²) in [7, 11) is 0. The van der Waals surface area contributed by atoms with Gasteiger partial charge < -0.3 is 27.4 Å². The Bertz CT molecular complexity index is 7340. The highest BCUT2D eigenvalue weighted by atomic mass is 15.1. The number of hydrogen-bond acceptors (Lipinski definition) is 0. The Hall–Kier alpha value is -11.6. The zero-order valence-electron chi connectivity index (χ0n) is 86.6. The maximum Gasteiger partial charge on any atom is 0.0499 e. The molecule has 19 aromatic rings. The predicted molar refractivity (Wildman–Crippen MR) is 581 cm³/mol. The van der Waals surface area contributed by atoms with Crippen molar-refractivity contribution in [3.63, 3.8) is 0 Å². The van der Waals surface area contributed by atoms with E-state index in [1.165, 1.54) is 235 Å². The first-order valence-electron chi connectivity index (χ1n) is 48.7. The van der Waals surface area contributed by atoms with Gasteiger partial charge in [0.1, 0.15) is 0 Å². The molecule has 0 unspecified atom stereocenters. The molecule has 0 spiro atoms. The monoisotopic (exact) mass is 1750 g/mol. The van der Waals surface area contributed by atoms with Crippen LogP contribution in [0.1, 0.15) is 257 Å². The lowest BCUT2D eigenvalue weighted by Gasteiger charge is -2.27. The van der Waals surface area contributed by atoms with Crippen molar-refractivity contribution in [1.29, 1.82) is 0 Å². The van der Waals surface area contributed by atoms with Crippen LogP contribution in [0.15, 0.2) is 243 Å². The summed E-state index contributed by atoms with van der Waals surface area (Å²) in [5.74, 6) is 0. The summed E-state index contributed by atoms with van der Waals surface area (Å²) in [6, 6.07) is 90.6. The molecule has 1 aliphatic rings. The van der Waals surface area contributed by atoms with Crippen LogP contribution in [0.25, 0.3) is 142 Å². The van der Waals surface area contributed by atoms with Crippen molar-refractivity contribution in [2.45, 2.75) is 305 Å². The molecule has 684 valence electrons. The number of hydrogen-bond donors (Lipinski definition) is 0. The number of para-hydroxylation sites is 3. The van der Waals surface area contributed by atoms with Crippen LogP contribution in [0.5, 0.6) is 0 Å². The molecule has 0 amide bonds. The van der Waals surface area contributed by atoms with Gasteiger partial charge >= 0.3 is 0 Å². The van der Waals surface area contributed by atoms with Crippen LogP contribution in [-0.4, -0.2) is 27.4 Å². The van der Waals surface area contributed by atoms with Crippen molar-refractivity contribution >= 4 is 120 Å². The van der Waals surface area contributed by atoms with Crippen molar-refractivity contribution in [2.75, 3.05) is 0 Å². The Morgan fingerprint density at radius 2 is 0.447 bits per heavy atom. The average molecular weight is 1750 g/mol. The van der Waals surface area contributed by atoms with Gasteiger partial charge in [0.2, 0.25) is 0 Å². The topological polar surface area (TPSA) is 29.6 Å². The summed E-state index contributed by atoms with van der Waals surface area (Å²) in [4.78, 5) is 0. The third-order valence-electron chi connectivity index (χ3n) is 27.1. The molecule has 0 radical (unpaired) electrons. The third-order valence-corrected chi connectivity index (χ3v) is 27.1. The molecule has 0 saturated carbocycles. The van der Waals surface area contributed by atoms with Gasteiger partial charge in [-0.3, -0.25) is 0 Å². The van der Waals surface area contributed by atoms with Gasteiger partial charge in [0.25, 0.3) is 0 Å². The van der Waals surface area contributed by atoms with E-state index in [9.17, 15) is 0 Å². The summed E-state index contributed by atoms with van der Waals surface area (Å²) in [6.45, 7) is 76.8. The largest absolute Gasteiger partial charge is 0.339 e. The fraction of sp³-hybridized carbons (Fsp3) is 0.365. The standard InChI is InChI=1S/C34H37N.2C21H27N.C18H21N.C16H21N.C16H17N/c1-20-14-22(3)32(23(4)15-20)26-10-12-30-28(18-26)29-19-27(11-13-31(29)35(30)34(7,8)9)33-24(5)16-21(2)17-25(33)6;1-14-8-10-18-16(12-14)17-13-15(20(2,3)4)9-11-19(17)22(18)21(5,6)7;1-14-8-10-16-17-11-9-15(20(2,3)4)13-19(17)22(18(16)12-14)21(5,6)7;1-12-6-8-14-15-9-7-13(2)11-17(15)19(16(14)10-12)18(3,4)5;2*1-16(2,3)17-14-10-6-4-8-12(14)13-9-5-7-11-15(13)17/h10-19H,1-9H3;2*8-13H,1-7H3;6-11H,1-5H3;4,6,8,10H,5,7,9,11H2,1-3H3;4-11H,1-3H3. The fourth-order valence-electron chi connectivity index (χ4n) is 21.8. The van der Waals surface area contributed by atoms with Crippen LogP contribution in [-0.2, 0) is 56.9 Å². The molecule has 6 nitrogen and oxygen atoms in total. The molecule has 6 aromatic heterocycles. The second-order valence-corrected chi connectivity index (χ2v) is 46.8. The first-order valence-corrected chi connectivity index (χ1v) is 48.7. The Kier molecular flexibility index (Phi) is 25.3. The summed E-state index contributed by atoms with van der Waals surface area (Å²) in [6.07, 6.45) is 5.21. The van der Waals surface area contributed by atoms with E-state index in [-0.39, 0.29) is 44.1 Å². The van der Waals surface area contributed by atoms with E-state index in [1.54, 1.807) is 11.3 Å². The number of benzene rings is 13. The summed E-state index contributed by atoms with van der Waals surface area (Å²) in [5, 5.41) is 15.0. The van der Waals surface area contributed by atoms with E-state index in [1.807, 2.05) is 0 Å². The van der Waals surface area contributed by atoms with E-state index in [0.717, 1.165) is 0 Å². The molecule has 0 N–H and O–H groups in total. The van der Waals surface area contributed by atoms with Gasteiger partial charge in [-0.25, -0.2) is 0 Å². The molecule has 0 atom stereocenters. The van der Waals surface area contributed by atoms with Gasteiger partial charge in [0, 0.05) is 159 Å². The zero-order valence-corrected chi connectivity index (χ0v) is 86.6. The molecule has 0 saturated heterocycles. The summed E-state index contributed by atoms with van der Waals surface area (Å²) >= 11 is 0. The Morgan fingerprint density at radius 3 is 0.818 bits per heavy atom. The van der Waals surface area contributed by atoms with Gasteiger partial charge in [-0.2, -0.15) is 0 Å². The van der Waals surface area contributed by atoms with Crippen LogP contribution in [0, 0.1) is 69.2 Å². The van der Waals surface area contributed by atoms with Crippen molar-refractivity contribution in [3.8, 4) is 22.3 Å². The first-order chi connectivity index (χ1) is 61.7. The minimum atomic E-state index is -0.0194. The van der Waals surface area contributed by atoms with E-state index in [4.69, 9.17) is 0 Å². The van der Waals surface area contributed by atoms with Crippen molar-refractivity contribution in [2.24, 2.45) is 0 Å². The van der Waals surface area contributed by atoms with E-state index < -0.39 is 0 Å². The van der Waals surface area contributed by atoms with Crippen molar-refractivity contribution in [1.82, 2.24) is 27.4 Å². The van der Waals surface area contributed by atoms with Gasteiger partial charge in [0.05, 0.1) is 0 Å². The second kappa shape index (κ2) is 35.1. The van der Waals surface area contributed by atoms with E-state index >= 15 is 0 Å². The summed E-state index contributed by atoms with van der Waals surface area (Å²) in [5.41, 5.74) is 40.1. The Balaban J connectivity index is 0.000000124. The number of fused-ring (bicyclic) bond motifs is 18. The Labute approximate surface area is 790 Å². The molecule has 0 bridgehead atoms. The third kappa shape index (κ3) is 18.6. The maximum absolute atomic E-state index is 2.57. The Morgan fingerprint density at radius 1 is 0.189 bits per heavy atom. The quantitative estimate of drug-likeness (QED) is 0.165. The molecule has 0 fully saturated rings. The van der Waals surface area contributed by atoms with Crippen LogP contribution >= 0.6 is 0 Å². The molecular formula is C126H150N6. The van der Waals surface area contributed by atoms with Crippen molar-refractivity contribution < 1.29 is 0 Å². The molecule has 6 heterocycles. The zero-order chi connectivity index (χ0) is 95.7. The SMILES string of the molecule is CC(C)(C)n1c2c(c3ccccc31)CCCC2.CC(C)(C)n1c2ccccc2c2ccccc21.Cc1cc(C)c(-c2ccc3c(c2)c2cc(-c4c(C)cc(C)cc4C)ccc2n3C(C)(C)C)c(C)c1.Cc1ccc2c(c1)c1cc(C(C)(C)C)ccc1n2C(C)(C)C.Cc1ccc2c3ccc(C(C)(C)C)cc3n(C(C)(C)C)c2c1.Cc1ccc2c3ccc(C)cc3n(C(C)(C)C)c2c1. The van der Waals surface area contributed by atoms with Gasteiger partial charge in [0.15, 0.2) is 0 Å². The number of nitrogens with zero attached hydrogens (tertiary/aromatic N) is 6. The maximum atomic E-state index is 2.57. The van der Waals surface area contributed by atoms with Crippen LogP contribution < -0.4 is 0 Å². The number of rotatable bonds is 2. The summed E-state index contributed by atoms with van der Waals surface area (Å²) < 4.78 is 14.9. The molecule has 20 rings (SSSR count).